The predicted molar refractivity (Wildman–Crippen MR) is 101 cm³/mol. The normalized spacial score (nSPS) is 12.3. The molecule has 0 radical (unpaired) electrons. The molecule has 4 aromatic carbocycles. The number of carbonyl (C=O) groups is 1. The quantitative estimate of drug-likeness (QED) is 0.454. The van der Waals surface area contributed by atoms with Gasteiger partial charge in [-0.2, -0.15) is 0 Å². The van der Waals surface area contributed by atoms with Gasteiger partial charge in [-0.25, -0.2) is 0 Å². The molecule has 0 spiro atoms. The molecule has 0 saturated heterocycles. The average molecular weight is 324 g/mol. The van der Waals surface area contributed by atoms with E-state index in [0.29, 0.717) is 0 Å². The van der Waals surface area contributed by atoms with Crippen LogP contribution in [0, 0.1) is 0 Å². The minimum atomic E-state index is -0.794. The Hall–Kier alpha value is -3.13. The molecule has 1 aliphatic rings. The summed E-state index contributed by atoms with van der Waals surface area (Å²) in [4.78, 5) is 11.1. The minimum absolute atomic E-state index is 0.0571. The van der Waals surface area contributed by atoms with Crippen molar-refractivity contribution < 1.29 is 9.90 Å². The SMILES string of the molecule is O=C(O)Cc1ccc2c3c(c4ccccc4c2c1)-c1ccccc1C3. The van der Waals surface area contributed by atoms with Crippen LogP contribution in [0.1, 0.15) is 16.7 Å². The lowest BCUT2D eigenvalue weighted by molar-refractivity contribution is -0.136. The topological polar surface area (TPSA) is 37.3 Å². The first-order valence-electron chi connectivity index (χ1n) is 8.48. The third kappa shape index (κ3) is 2.07. The average Bonchev–Trinajstić information content (AvgIpc) is 3.01. The molecule has 0 aromatic heterocycles. The molecule has 2 nitrogen and oxygen atoms in total. The summed E-state index contributed by atoms with van der Waals surface area (Å²) in [6.07, 6.45) is 0.993. The molecule has 0 aliphatic heterocycles. The number of fused-ring (bicyclic) bond motifs is 8. The molecule has 120 valence electrons. The van der Waals surface area contributed by atoms with E-state index in [9.17, 15) is 4.79 Å². The third-order valence-corrected chi connectivity index (χ3v) is 5.21. The van der Waals surface area contributed by atoms with Crippen LogP contribution in [0.5, 0.6) is 0 Å². The van der Waals surface area contributed by atoms with E-state index in [2.05, 4.69) is 60.7 Å². The van der Waals surface area contributed by atoms with Crippen LogP contribution in [-0.4, -0.2) is 11.1 Å². The van der Waals surface area contributed by atoms with Crippen LogP contribution in [0.3, 0.4) is 0 Å². The van der Waals surface area contributed by atoms with Crippen LogP contribution in [0.4, 0.5) is 0 Å². The number of carboxylic acid groups (broad SMARTS) is 1. The zero-order chi connectivity index (χ0) is 17.0. The monoisotopic (exact) mass is 324 g/mol. The Morgan fingerprint density at radius 3 is 2.44 bits per heavy atom. The smallest absolute Gasteiger partial charge is 0.307 e. The van der Waals surface area contributed by atoms with Crippen molar-refractivity contribution in [2.45, 2.75) is 12.8 Å². The standard InChI is InChI=1S/C23H16O2/c24-22(25)12-14-9-10-18-20(11-14)17-7-3-4-8-19(17)23-16-6-2-1-5-15(16)13-21(18)23/h1-11H,12-13H2,(H,24,25). The van der Waals surface area contributed by atoms with E-state index in [-0.39, 0.29) is 6.42 Å². The second-order valence-electron chi connectivity index (χ2n) is 6.68. The van der Waals surface area contributed by atoms with Gasteiger partial charge in [0, 0.05) is 0 Å². The summed E-state index contributed by atoms with van der Waals surface area (Å²) in [6, 6.07) is 23.2. The highest BCUT2D eigenvalue weighted by molar-refractivity contribution is 6.17. The summed E-state index contributed by atoms with van der Waals surface area (Å²) in [5, 5.41) is 14.0. The maximum atomic E-state index is 11.1. The van der Waals surface area contributed by atoms with E-state index in [1.165, 1.54) is 38.4 Å². The Morgan fingerprint density at radius 2 is 1.60 bits per heavy atom. The second kappa shape index (κ2) is 5.18. The van der Waals surface area contributed by atoms with Crippen molar-refractivity contribution in [1.29, 1.82) is 0 Å². The lowest BCUT2D eigenvalue weighted by atomic mass is 9.90. The molecule has 0 saturated carbocycles. The van der Waals surface area contributed by atoms with Crippen molar-refractivity contribution >= 4 is 27.5 Å². The van der Waals surface area contributed by atoms with Crippen molar-refractivity contribution in [3.8, 4) is 11.1 Å². The summed E-state index contributed by atoms with van der Waals surface area (Å²) in [5.41, 5.74) is 6.23. The molecular formula is C23H16O2. The summed E-state index contributed by atoms with van der Waals surface area (Å²) in [7, 11) is 0. The summed E-state index contributed by atoms with van der Waals surface area (Å²) < 4.78 is 0. The van der Waals surface area contributed by atoms with E-state index >= 15 is 0 Å². The van der Waals surface area contributed by atoms with E-state index in [0.717, 1.165) is 17.4 Å². The molecule has 0 atom stereocenters. The van der Waals surface area contributed by atoms with Gasteiger partial charge in [0.15, 0.2) is 0 Å². The maximum Gasteiger partial charge on any atom is 0.307 e. The molecule has 0 bridgehead atoms. The van der Waals surface area contributed by atoms with Crippen LogP contribution >= 0.6 is 0 Å². The molecule has 0 heterocycles. The van der Waals surface area contributed by atoms with Gasteiger partial charge < -0.3 is 5.11 Å². The molecule has 1 N–H and O–H groups in total. The highest BCUT2D eigenvalue weighted by Crippen LogP contribution is 2.45. The number of hydrogen-bond acceptors (Lipinski definition) is 1. The molecule has 5 rings (SSSR count). The van der Waals surface area contributed by atoms with Gasteiger partial charge in [0.2, 0.25) is 0 Å². The van der Waals surface area contributed by atoms with Crippen LogP contribution in [-0.2, 0) is 17.6 Å². The summed E-state index contributed by atoms with van der Waals surface area (Å²) in [5.74, 6) is -0.794. The number of aliphatic carboxylic acids is 1. The maximum absolute atomic E-state index is 11.1. The van der Waals surface area contributed by atoms with Crippen molar-refractivity contribution in [3.05, 3.63) is 83.4 Å². The Balaban J connectivity index is 1.91. The second-order valence-corrected chi connectivity index (χ2v) is 6.68. The van der Waals surface area contributed by atoms with Gasteiger partial charge in [-0.1, -0.05) is 60.7 Å². The lowest BCUT2D eigenvalue weighted by Crippen LogP contribution is -2.00. The third-order valence-electron chi connectivity index (χ3n) is 5.21. The first kappa shape index (κ1) is 14.2. The fraction of sp³-hybridized carbons (Fsp3) is 0.0870. The molecule has 0 unspecified atom stereocenters. The molecular weight excluding hydrogens is 308 g/mol. The van der Waals surface area contributed by atoms with E-state index in [4.69, 9.17) is 5.11 Å². The van der Waals surface area contributed by atoms with Crippen molar-refractivity contribution in [3.63, 3.8) is 0 Å². The molecule has 2 heteroatoms. The summed E-state index contributed by atoms with van der Waals surface area (Å²) >= 11 is 0. The molecule has 25 heavy (non-hydrogen) atoms. The fourth-order valence-electron chi connectivity index (χ4n) is 4.20. The fourth-order valence-corrected chi connectivity index (χ4v) is 4.20. The van der Waals surface area contributed by atoms with Crippen LogP contribution < -0.4 is 0 Å². The first-order valence-corrected chi connectivity index (χ1v) is 8.48. The first-order chi connectivity index (χ1) is 12.2. The zero-order valence-electron chi connectivity index (χ0n) is 13.6. The van der Waals surface area contributed by atoms with Crippen LogP contribution in [0.15, 0.2) is 66.7 Å². The Bertz CT molecular complexity index is 1170. The highest BCUT2D eigenvalue weighted by atomic mass is 16.4. The Morgan fingerprint density at radius 1 is 0.840 bits per heavy atom. The zero-order valence-corrected chi connectivity index (χ0v) is 13.6. The van der Waals surface area contributed by atoms with E-state index < -0.39 is 5.97 Å². The minimum Gasteiger partial charge on any atom is -0.481 e. The van der Waals surface area contributed by atoms with E-state index in [1.807, 2.05) is 6.07 Å². The molecule has 1 aliphatic carbocycles. The van der Waals surface area contributed by atoms with Gasteiger partial charge in [-0.05, 0) is 61.8 Å². The number of hydrogen-bond donors (Lipinski definition) is 1. The van der Waals surface area contributed by atoms with Crippen LogP contribution in [0.25, 0.3) is 32.7 Å². The van der Waals surface area contributed by atoms with Gasteiger partial charge in [0.05, 0.1) is 6.42 Å². The number of carboxylic acids is 1. The van der Waals surface area contributed by atoms with Crippen LogP contribution in [0.2, 0.25) is 0 Å². The van der Waals surface area contributed by atoms with Gasteiger partial charge in [-0.3, -0.25) is 4.79 Å². The highest BCUT2D eigenvalue weighted by Gasteiger charge is 2.23. The molecule has 0 amide bonds. The van der Waals surface area contributed by atoms with Crippen molar-refractivity contribution in [1.82, 2.24) is 0 Å². The Labute approximate surface area is 145 Å². The van der Waals surface area contributed by atoms with Gasteiger partial charge in [0.25, 0.3) is 0 Å². The van der Waals surface area contributed by atoms with Gasteiger partial charge >= 0.3 is 5.97 Å². The van der Waals surface area contributed by atoms with Gasteiger partial charge in [-0.15, -0.1) is 0 Å². The molecule has 4 aromatic rings. The van der Waals surface area contributed by atoms with Gasteiger partial charge in [0.1, 0.15) is 0 Å². The van der Waals surface area contributed by atoms with Crippen molar-refractivity contribution in [2.75, 3.05) is 0 Å². The molecule has 0 fully saturated rings. The number of benzene rings is 4. The summed E-state index contributed by atoms with van der Waals surface area (Å²) in [6.45, 7) is 0. The number of rotatable bonds is 2. The lowest BCUT2D eigenvalue weighted by Gasteiger charge is -2.13. The Kier molecular flexibility index (Phi) is 2.95. The van der Waals surface area contributed by atoms with E-state index in [1.54, 1.807) is 0 Å². The van der Waals surface area contributed by atoms with Crippen molar-refractivity contribution in [2.24, 2.45) is 0 Å². The predicted octanol–water partition coefficient (Wildman–Crippen LogP) is 5.19. The largest absolute Gasteiger partial charge is 0.481 e.